The second-order valence-corrected chi connectivity index (χ2v) is 9.70. The fourth-order valence-corrected chi connectivity index (χ4v) is 3.82. The van der Waals surface area contributed by atoms with Gasteiger partial charge in [-0.2, -0.15) is 0 Å². The fraction of sp³-hybridized carbons (Fsp3) is 1.00. The van der Waals surface area contributed by atoms with Gasteiger partial charge >= 0.3 is 7.82 Å². The standard InChI is InChI=1S/C22H47O5P/c1-4-5-6-7-8-9-10-11-12-13-14-15-16-17-18-19-20-25-27-28(23,24)26-21-22(2)3/h22H,4-21H2,1-3H3,(H,23,24). The Balaban J connectivity index is 3.19. The molecule has 0 rings (SSSR count). The molecule has 0 aromatic carbocycles. The molecule has 1 N–H and O–H groups in total. The summed E-state index contributed by atoms with van der Waals surface area (Å²) in [4.78, 5) is 14.2. The average Bonchev–Trinajstić information content (AvgIpc) is 2.65. The second kappa shape index (κ2) is 20.3. The van der Waals surface area contributed by atoms with E-state index in [1.165, 1.54) is 89.9 Å². The van der Waals surface area contributed by atoms with Crippen molar-refractivity contribution in [3.8, 4) is 0 Å². The highest BCUT2D eigenvalue weighted by molar-refractivity contribution is 7.47. The Hall–Kier alpha value is 0.0700. The Morgan fingerprint density at radius 2 is 1.11 bits per heavy atom. The van der Waals surface area contributed by atoms with E-state index in [-0.39, 0.29) is 12.5 Å². The third kappa shape index (κ3) is 22.4. The summed E-state index contributed by atoms with van der Waals surface area (Å²) in [6.07, 6.45) is 21.0. The summed E-state index contributed by atoms with van der Waals surface area (Å²) in [5.74, 6) is 0.171. The van der Waals surface area contributed by atoms with E-state index in [0.717, 1.165) is 12.8 Å². The lowest BCUT2D eigenvalue weighted by atomic mass is 10.0. The van der Waals surface area contributed by atoms with Crippen LogP contribution in [0.1, 0.15) is 124 Å². The fourth-order valence-electron chi connectivity index (χ4n) is 3.08. The Labute approximate surface area is 174 Å². The van der Waals surface area contributed by atoms with Gasteiger partial charge in [-0.1, -0.05) is 117 Å². The molecule has 0 amide bonds. The highest BCUT2D eigenvalue weighted by Gasteiger charge is 2.22. The van der Waals surface area contributed by atoms with E-state index in [1.807, 2.05) is 13.8 Å². The van der Waals surface area contributed by atoms with Crippen LogP contribution in [0.3, 0.4) is 0 Å². The first-order valence-corrected chi connectivity index (χ1v) is 13.3. The molecule has 170 valence electrons. The number of hydrogen-bond acceptors (Lipinski definition) is 4. The lowest BCUT2D eigenvalue weighted by molar-refractivity contribution is -0.225. The first-order valence-electron chi connectivity index (χ1n) is 11.8. The molecule has 0 saturated carbocycles. The van der Waals surface area contributed by atoms with Crippen LogP contribution >= 0.6 is 7.82 Å². The first-order chi connectivity index (χ1) is 13.5. The SMILES string of the molecule is CCCCCCCCCCCCCCCCCCOOP(=O)(O)OCC(C)C. The van der Waals surface area contributed by atoms with Crippen molar-refractivity contribution in [1.82, 2.24) is 0 Å². The second-order valence-electron chi connectivity index (χ2n) is 8.36. The number of phosphoric acid groups is 1. The molecular formula is C22H47O5P. The van der Waals surface area contributed by atoms with Gasteiger partial charge in [0.25, 0.3) is 0 Å². The third-order valence-corrected chi connectivity index (χ3v) is 5.57. The van der Waals surface area contributed by atoms with Crippen molar-refractivity contribution in [2.75, 3.05) is 13.2 Å². The van der Waals surface area contributed by atoms with Gasteiger partial charge in [-0.05, 0) is 12.3 Å². The van der Waals surface area contributed by atoms with Gasteiger partial charge < -0.3 is 4.89 Å². The molecule has 0 aliphatic rings. The summed E-state index contributed by atoms with van der Waals surface area (Å²) >= 11 is 0. The molecule has 0 saturated heterocycles. The van der Waals surface area contributed by atoms with Crippen LogP contribution in [0, 0.1) is 5.92 Å². The van der Waals surface area contributed by atoms with Crippen molar-refractivity contribution in [3.05, 3.63) is 0 Å². The minimum Gasteiger partial charge on any atom is -0.301 e. The zero-order chi connectivity index (χ0) is 20.9. The van der Waals surface area contributed by atoms with Crippen LogP contribution in [0.5, 0.6) is 0 Å². The molecule has 0 aliphatic carbocycles. The Bertz CT molecular complexity index is 363. The molecule has 0 fully saturated rings. The Morgan fingerprint density at radius 3 is 1.50 bits per heavy atom. The summed E-state index contributed by atoms with van der Waals surface area (Å²) < 4.78 is 20.8. The van der Waals surface area contributed by atoms with Crippen molar-refractivity contribution < 1.29 is 23.5 Å². The molecular weight excluding hydrogens is 375 g/mol. The lowest BCUT2D eigenvalue weighted by Crippen LogP contribution is -2.03. The number of hydrogen-bond donors (Lipinski definition) is 1. The maximum Gasteiger partial charge on any atom is 0.499 e. The van der Waals surface area contributed by atoms with E-state index < -0.39 is 7.82 Å². The molecule has 0 aromatic rings. The molecule has 0 aliphatic heterocycles. The van der Waals surface area contributed by atoms with Crippen LogP contribution in [0.4, 0.5) is 0 Å². The maximum atomic E-state index is 11.5. The van der Waals surface area contributed by atoms with Crippen molar-refractivity contribution in [3.63, 3.8) is 0 Å². The number of rotatable bonds is 22. The summed E-state index contributed by atoms with van der Waals surface area (Å²) in [6.45, 7) is 6.58. The Morgan fingerprint density at radius 1 is 0.714 bits per heavy atom. The van der Waals surface area contributed by atoms with E-state index in [9.17, 15) is 9.46 Å². The molecule has 0 spiro atoms. The zero-order valence-electron chi connectivity index (χ0n) is 18.8. The van der Waals surface area contributed by atoms with Gasteiger partial charge in [0.2, 0.25) is 0 Å². The minimum absolute atomic E-state index is 0.171. The van der Waals surface area contributed by atoms with Crippen LogP contribution in [0.25, 0.3) is 0 Å². The highest BCUT2D eigenvalue weighted by atomic mass is 31.2. The van der Waals surface area contributed by atoms with E-state index in [4.69, 9.17) is 9.41 Å². The summed E-state index contributed by atoms with van der Waals surface area (Å²) in [5, 5.41) is 0. The molecule has 5 nitrogen and oxygen atoms in total. The number of phosphoric ester groups is 1. The average molecular weight is 423 g/mol. The zero-order valence-corrected chi connectivity index (χ0v) is 19.7. The summed E-state index contributed by atoms with van der Waals surface area (Å²) in [5.41, 5.74) is 0. The minimum atomic E-state index is -4.06. The van der Waals surface area contributed by atoms with Crippen LogP contribution in [-0.4, -0.2) is 18.1 Å². The molecule has 28 heavy (non-hydrogen) atoms. The van der Waals surface area contributed by atoms with E-state index in [0.29, 0.717) is 6.61 Å². The van der Waals surface area contributed by atoms with E-state index in [1.54, 1.807) is 0 Å². The van der Waals surface area contributed by atoms with Crippen LogP contribution in [0.2, 0.25) is 0 Å². The largest absolute Gasteiger partial charge is 0.499 e. The quantitative estimate of drug-likeness (QED) is 0.0829. The molecule has 0 bridgehead atoms. The van der Waals surface area contributed by atoms with E-state index >= 15 is 0 Å². The molecule has 1 atom stereocenters. The third-order valence-electron chi connectivity index (χ3n) is 4.80. The smallest absolute Gasteiger partial charge is 0.301 e. The van der Waals surface area contributed by atoms with Gasteiger partial charge in [0.15, 0.2) is 0 Å². The van der Waals surface area contributed by atoms with E-state index in [2.05, 4.69) is 11.6 Å². The number of unbranched alkanes of at least 4 members (excludes halogenated alkanes) is 15. The van der Waals surface area contributed by atoms with Gasteiger partial charge in [-0.3, -0.25) is 4.52 Å². The van der Waals surface area contributed by atoms with Gasteiger partial charge in [-0.15, -0.1) is 4.67 Å². The van der Waals surface area contributed by atoms with Crippen molar-refractivity contribution >= 4 is 7.82 Å². The van der Waals surface area contributed by atoms with Gasteiger partial charge in [0.05, 0.1) is 13.2 Å². The van der Waals surface area contributed by atoms with Crippen LogP contribution in [0.15, 0.2) is 0 Å². The lowest BCUT2D eigenvalue weighted by Gasteiger charge is -2.12. The van der Waals surface area contributed by atoms with Gasteiger partial charge in [0.1, 0.15) is 0 Å². The maximum absolute atomic E-state index is 11.5. The van der Waals surface area contributed by atoms with Crippen molar-refractivity contribution in [1.29, 1.82) is 0 Å². The van der Waals surface area contributed by atoms with Crippen LogP contribution in [-0.2, 0) is 18.7 Å². The van der Waals surface area contributed by atoms with Gasteiger partial charge in [0, 0.05) is 0 Å². The van der Waals surface area contributed by atoms with Gasteiger partial charge in [-0.25, -0.2) is 9.45 Å². The summed E-state index contributed by atoms with van der Waals surface area (Å²) in [7, 11) is -4.06. The first kappa shape index (κ1) is 28.1. The Kier molecular flexibility index (Phi) is 20.4. The highest BCUT2D eigenvalue weighted by Crippen LogP contribution is 2.43. The molecule has 0 radical (unpaired) electrons. The van der Waals surface area contributed by atoms with Crippen molar-refractivity contribution in [2.45, 2.75) is 124 Å². The molecule has 1 unspecified atom stereocenters. The molecule has 6 heteroatoms. The predicted molar refractivity (Wildman–Crippen MR) is 117 cm³/mol. The predicted octanol–water partition coefficient (Wildman–Crippen LogP) is 7.97. The van der Waals surface area contributed by atoms with Crippen molar-refractivity contribution in [2.24, 2.45) is 5.92 Å². The monoisotopic (exact) mass is 422 g/mol. The normalized spacial score (nSPS) is 13.9. The van der Waals surface area contributed by atoms with Crippen LogP contribution < -0.4 is 0 Å². The summed E-state index contributed by atoms with van der Waals surface area (Å²) in [6, 6.07) is 0. The molecule has 0 aromatic heterocycles. The molecule has 0 heterocycles. The topological polar surface area (TPSA) is 65.0 Å².